The average Bonchev–Trinajstić information content (AvgIpc) is 2.83. The number of esters is 1. The molecule has 11 heteroatoms. The van der Waals surface area contributed by atoms with Crippen molar-refractivity contribution < 1.29 is 28.8 Å². The molecule has 36 heavy (non-hydrogen) atoms. The van der Waals surface area contributed by atoms with Gasteiger partial charge in [-0.2, -0.15) is 0 Å². The zero-order valence-electron chi connectivity index (χ0n) is 21.5. The fraction of sp³-hybridized carbons (Fsp3) is 0.480. The maximum absolute atomic E-state index is 13.0. The number of carbonyl (C=O) groups excluding carboxylic acids is 3. The third-order valence-electron chi connectivity index (χ3n) is 5.77. The predicted octanol–water partition coefficient (Wildman–Crippen LogP) is 3.63. The summed E-state index contributed by atoms with van der Waals surface area (Å²) in [6.07, 6.45) is 0.831. The van der Waals surface area contributed by atoms with Crippen molar-refractivity contribution >= 4 is 23.7 Å². The quantitative estimate of drug-likeness (QED) is 0.190. The fourth-order valence-corrected chi connectivity index (χ4v) is 3.92. The first-order valence-corrected chi connectivity index (χ1v) is 11.8. The molecule has 2 rings (SSSR count). The SMILES string of the molecule is CCCCNC(=O)C(NC(=O)OC1=C(C)NC(C)=C(C(=O)OC)C1c1cccc([N+](=O)[O-])c1)C(C)C. The molecule has 196 valence electrons. The molecule has 2 atom stereocenters. The van der Waals surface area contributed by atoms with Crippen LogP contribution in [0.15, 0.2) is 47.0 Å². The van der Waals surface area contributed by atoms with Crippen molar-refractivity contribution in [1.82, 2.24) is 16.0 Å². The van der Waals surface area contributed by atoms with Gasteiger partial charge in [0, 0.05) is 24.4 Å². The molecule has 0 radical (unpaired) electrons. The Kier molecular flexibility index (Phi) is 10.0. The van der Waals surface area contributed by atoms with Gasteiger partial charge in [-0.05, 0) is 31.7 Å². The van der Waals surface area contributed by atoms with E-state index in [1.807, 2.05) is 6.92 Å². The zero-order chi connectivity index (χ0) is 27.0. The number of hydrogen-bond donors (Lipinski definition) is 3. The highest BCUT2D eigenvalue weighted by Crippen LogP contribution is 2.40. The number of benzene rings is 1. The van der Waals surface area contributed by atoms with Crippen LogP contribution in [0.2, 0.25) is 0 Å². The van der Waals surface area contributed by atoms with Crippen LogP contribution in [0.5, 0.6) is 0 Å². The van der Waals surface area contributed by atoms with Crippen molar-refractivity contribution in [3.05, 3.63) is 62.7 Å². The second-order valence-electron chi connectivity index (χ2n) is 8.83. The highest BCUT2D eigenvalue weighted by Gasteiger charge is 2.37. The second kappa shape index (κ2) is 12.7. The molecule has 1 aliphatic heterocycles. The number of unbranched alkanes of at least 4 members (excludes halogenated alkanes) is 1. The van der Waals surface area contributed by atoms with E-state index in [0.717, 1.165) is 12.8 Å². The third kappa shape index (κ3) is 6.83. The maximum atomic E-state index is 13.0. The number of nitro groups is 1. The van der Waals surface area contributed by atoms with Crippen molar-refractivity contribution in [2.75, 3.05) is 13.7 Å². The molecule has 2 unspecified atom stereocenters. The van der Waals surface area contributed by atoms with E-state index in [1.54, 1.807) is 33.8 Å². The molecule has 3 N–H and O–H groups in total. The number of allylic oxidation sites excluding steroid dienone is 3. The Morgan fingerprint density at radius 1 is 1.19 bits per heavy atom. The van der Waals surface area contributed by atoms with E-state index >= 15 is 0 Å². The molecular formula is C25H34N4O7. The average molecular weight is 503 g/mol. The summed E-state index contributed by atoms with van der Waals surface area (Å²) in [5, 5.41) is 19.8. The lowest BCUT2D eigenvalue weighted by molar-refractivity contribution is -0.384. The van der Waals surface area contributed by atoms with Crippen LogP contribution in [0, 0.1) is 16.0 Å². The summed E-state index contributed by atoms with van der Waals surface area (Å²) < 4.78 is 10.6. The van der Waals surface area contributed by atoms with Gasteiger partial charge in [0.05, 0.1) is 29.2 Å². The van der Waals surface area contributed by atoms with E-state index in [0.29, 0.717) is 23.5 Å². The largest absolute Gasteiger partial charge is 0.466 e. The van der Waals surface area contributed by atoms with Crippen LogP contribution in [-0.2, 0) is 19.1 Å². The first-order chi connectivity index (χ1) is 17.0. The fourth-order valence-electron chi connectivity index (χ4n) is 3.92. The molecule has 0 aliphatic carbocycles. The topological polar surface area (TPSA) is 149 Å². The molecule has 1 aromatic carbocycles. The Morgan fingerprint density at radius 2 is 1.89 bits per heavy atom. The van der Waals surface area contributed by atoms with E-state index in [2.05, 4.69) is 16.0 Å². The first-order valence-electron chi connectivity index (χ1n) is 11.8. The maximum Gasteiger partial charge on any atom is 0.413 e. The van der Waals surface area contributed by atoms with Gasteiger partial charge in [0.2, 0.25) is 5.91 Å². The highest BCUT2D eigenvalue weighted by molar-refractivity contribution is 5.93. The number of hydrogen-bond acceptors (Lipinski definition) is 8. The van der Waals surface area contributed by atoms with Crippen LogP contribution in [0.3, 0.4) is 0 Å². The molecule has 0 aromatic heterocycles. The van der Waals surface area contributed by atoms with Gasteiger partial charge >= 0.3 is 12.1 Å². The number of amides is 2. The summed E-state index contributed by atoms with van der Waals surface area (Å²) >= 11 is 0. The number of nitro benzene ring substituents is 1. The van der Waals surface area contributed by atoms with Crippen LogP contribution in [0.1, 0.15) is 58.9 Å². The number of nitrogens with zero attached hydrogens (tertiary/aromatic N) is 1. The lowest BCUT2D eigenvalue weighted by Gasteiger charge is -2.31. The number of alkyl carbamates (subject to hydrolysis) is 1. The van der Waals surface area contributed by atoms with Gasteiger partial charge in [-0.15, -0.1) is 0 Å². The summed E-state index contributed by atoms with van der Waals surface area (Å²) in [5.74, 6) is -2.13. The molecule has 0 fully saturated rings. The molecule has 11 nitrogen and oxygen atoms in total. The van der Waals surface area contributed by atoms with Crippen molar-refractivity contribution in [2.24, 2.45) is 5.92 Å². The van der Waals surface area contributed by atoms with Gasteiger partial charge in [-0.3, -0.25) is 14.9 Å². The number of carbonyl (C=O) groups is 3. The minimum absolute atomic E-state index is 0.0629. The van der Waals surface area contributed by atoms with Crippen LogP contribution in [0.4, 0.5) is 10.5 Å². The summed E-state index contributed by atoms with van der Waals surface area (Å²) in [7, 11) is 1.22. The molecular weight excluding hydrogens is 468 g/mol. The van der Waals surface area contributed by atoms with E-state index in [9.17, 15) is 24.5 Å². The zero-order valence-corrected chi connectivity index (χ0v) is 21.5. The second-order valence-corrected chi connectivity index (χ2v) is 8.83. The van der Waals surface area contributed by atoms with Gasteiger partial charge in [-0.25, -0.2) is 9.59 Å². The van der Waals surface area contributed by atoms with E-state index in [1.165, 1.54) is 25.3 Å². The Balaban J connectivity index is 2.42. The number of non-ortho nitro benzene ring substituents is 1. The van der Waals surface area contributed by atoms with Gasteiger partial charge < -0.3 is 25.4 Å². The molecule has 1 aliphatic rings. The predicted molar refractivity (Wildman–Crippen MR) is 133 cm³/mol. The lowest BCUT2D eigenvalue weighted by Crippen LogP contribution is -2.50. The Bertz CT molecular complexity index is 1080. The number of methoxy groups -OCH3 is 1. The van der Waals surface area contributed by atoms with Gasteiger partial charge in [0.15, 0.2) is 0 Å². The van der Waals surface area contributed by atoms with E-state index < -0.39 is 28.9 Å². The smallest absolute Gasteiger partial charge is 0.413 e. The van der Waals surface area contributed by atoms with E-state index in [-0.39, 0.29) is 28.8 Å². The third-order valence-corrected chi connectivity index (χ3v) is 5.77. The van der Waals surface area contributed by atoms with Crippen molar-refractivity contribution in [1.29, 1.82) is 0 Å². The summed E-state index contributed by atoms with van der Waals surface area (Å²) in [5.41, 5.74) is 1.21. The standard InChI is InChI=1S/C25H34N4O7/c1-7-8-12-26-23(30)21(14(2)3)28-25(32)36-22-16(5)27-15(4)19(24(31)35-6)20(22)17-10-9-11-18(13-17)29(33)34/h9-11,13-14,20-21,27H,7-8,12H2,1-6H3,(H,26,30)(H,28,32). The van der Waals surface area contributed by atoms with Crippen LogP contribution >= 0.6 is 0 Å². The summed E-state index contributed by atoms with van der Waals surface area (Å²) in [6, 6.07) is 4.89. The molecule has 2 amide bonds. The van der Waals surface area contributed by atoms with Crippen molar-refractivity contribution in [2.45, 2.75) is 59.4 Å². The first kappa shape index (κ1) is 28.3. The number of ether oxygens (including phenoxy) is 2. The number of nitrogens with one attached hydrogen (secondary N) is 3. The van der Waals surface area contributed by atoms with Crippen LogP contribution in [-0.4, -0.2) is 42.6 Å². The Labute approximate surface area is 210 Å². The minimum atomic E-state index is -0.958. The normalized spacial score (nSPS) is 16.2. The van der Waals surface area contributed by atoms with Crippen LogP contribution in [0.25, 0.3) is 0 Å². The summed E-state index contributed by atoms with van der Waals surface area (Å²) in [4.78, 5) is 49.1. The monoisotopic (exact) mass is 502 g/mol. The van der Waals surface area contributed by atoms with Crippen molar-refractivity contribution in [3.8, 4) is 0 Å². The Morgan fingerprint density at radius 3 is 2.47 bits per heavy atom. The molecule has 1 heterocycles. The highest BCUT2D eigenvalue weighted by atomic mass is 16.6. The van der Waals surface area contributed by atoms with Crippen molar-refractivity contribution in [3.63, 3.8) is 0 Å². The van der Waals surface area contributed by atoms with Gasteiger partial charge in [0.25, 0.3) is 5.69 Å². The van der Waals surface area contributed by atoms with Crippen LogP contribution < -0.4 is 16.0 Å². The van der Waals surface area contributed by atoms with Gasteiger partial charge in [0.1, 0.15) is 11.8 Å². The van der Waals surface area contributed by atoms with E-state index in [4.69, 9.17) is 9.47 Å². The lowest BCUT2D eigenvalue weighted by atomic mass is 9.85. The molecule has 1 aromatic rings. The van der Waals surface area contributed by atoms with Gasteiger partial charge in [-0.1, -0.05) is 39.3 Å². The molecule has 0 saturated carbocycles. The molecule has 0 spiro atoms. The molecule has 0 saturated heterocycles. The molecule has 0 bridgehead atoms. The number of dihydropyridines is 1. The minimum Gasteiger partial charge on any atom is -0.466 e. The summed E-state index contributed by atoms with van der Waals surface area (Å²) in [6.45, 7) is 9.40. The Hall–Kier alpha value is -3.89. The number of rotatable bonds is 10.